The van der Waals surface area contributed by atoms with E-state index in [9.17, 15) is 9.59 Å². The van der Waals surface area contributed by atoms with Crippen molar-refractivity contribution in [3.05, 3.63) is 46.8 Å². The minimum atomic E-state index is -0.0257. The number of rotatable bonds is 5. The molecule has 0 fully saturated rings. The van der Waals surface area contributed by atoms with Crippen LogP contribution in [0.15, 0.2) is 41.3 Å². The van der Waals surface area contributed by atoms with E-state index in [0.29, 0.717) is 11.9 Å². The first-order valence-corrected chi connectivity index (χ1v) is 6.57. The number of unbranched alkanes of at least 4 members (excludes halogenated alkanes) is 1. The number of fused-ring (bicyclic) bond motifs is 1. The molecular weight excluding hydrogens is 240 g/mol. The number of benzene rings is 1. The lowest BCUT2D eigenvalue weighted by Gasteiger charge is -2.10. The fourth-order valence-electron chi connectivity index (χ4n) is 2.01. The Labute approximate surface area is 112 Å². The molecule has 1 aromatic heterocycles. The maximum Gasteiger partial charge on any atom is 0.239 e. The van der Waals surface area contributed by atoms with Crippen LogP contribution in [0, 0.1) is 0 Å². The molecule has 4 heteroatoms. The van der Waals surface area contributed by atoms with Crippen molar-refractivity contribution < 1.29 is 4.79 Å². The van der Waals surface area contributed by atoms with Crippen molar-refractivity contribution in [2.75, 3.05) is 6.54 Å². The Morgan fingerprint density at radius 2 is 2.05 bits per heavy atom. The van der Waals surface area contributed by atoms with Crippen LogP contribution in [-0.4, -0.2) is 17.0 Å². The van der Waals surface area contributed by atoms with Gasteiger partial charge in [0.1, 0.15) is 6.54 Å². The highest BCUT2D eigenvalue weighted by atomic mass is 16.2. The Hall–Kier alpha value is -2.10. The Morgan fingerprint density at radius 3 is 2.84 bits per heavy atom. The number of nitrogens with zero attached hydrogens (tertiary/aromatic N) is 1. The molecule has 100 valence electrons. The number of nitrogens with one attached hydrogen (secondary N) is 1. The van der Waals surface area contributed by atoms with Crippen LogP contribution in [0.25, 0.3) is 10.9 Å². The molecule has 0 saturated carbocycles. The van der Waals surface area contributed by atoms with Gasteiger partial charge in [-0.3, -0.25) is 9.59 Å². The van der Waals surface area contributed by atoms with Crippen molar-refractivity contribution >= 4 is 16.8 Å². The molecule has 0 bridgehead atoms. The molecular formula is C15H18N2O2. The summed E-state index contributed by atoms with van der Waals surface area (Å²) in [6, 6.07) is 8.84. The van der Waals surface area contributed by atoms with Crippen molar-refractivity contribution in [1.82, 2.24) is 9.88 Å². The van der Waals surface area contributed by atoms with Gasteiger partial charge >= 0.3 is 0 Å². The van der Waals surface area contributed by atoms with Crippen molar-refractivity contribution in [2.45, 2.75) is 26.3 Å². The van der Waals surface area contributed by atoms with Crippen molar-refractivity contribution in [3.63, 3.8) is 0 Å². The quantitative estimate of drug-likeness (QED) is 0.833. The average Bonchev–Trinajstić information content (AvgIpc) is 2.43. The molecule has 0 radical (unpaired) electrons. The number of aromatic nitrogens is 1. The maximum atomic E-state index is 11.8. The van der Waals surface area contributed by atoms with Crippen LogP contribution in [0.5, 0.6) is 0 Å². The van der Waals surface area contributed by atoms with Gasteiger partial charge in [0.25, 0.3) is 0 Å². The van der Waals surface area contributed by atoms with E-state index >= 15 is 0 Å². The summed E-state index contributed by atoms with van der Waals surface area (Å²) in [6.45, 7) is 3.03. The average molecular weight is 258 g/mol. The Morgan fingerprint density at radius 1 is 1.26 bits per heavy atom. The smallest absolute Gasteiger partial charge is 0.239 e. The lowest BCUT2D eigenvalue weighted by atomic mass is 10.2. The van der Waals surface area contributed by atoms with Gasteiger partial charge in [0.05, 0.1) is 5.52 Å². The van der Waals surface area contributed by atoms with Crippen LogP contribution < -0.4 is 10.7 Å². The highest BCUT2D eigenvalue weighted by molar-refractivity contribution is 5.82. The molecule has 0 aliphatic rings. The van der Waals surface area contributed by atoms with Crippen LogP contribution in [0.4, 0.5) is 0 Å². The molecule has 4 nitrogen and oxygen atoms in total. The zero-order chi connectivity index (χ0) is 13.7. The zero-order valence-electron chi connectivity index (χ0n) is 11.1. The summed E-state index contributed by atoms with van der Waals surface area (Å²) in [5.41, 5.74) is 0.777. The first-order chi connectivity index (χ1) is 9.22. The summed E-state index contributed by atoms with van der Waals surface area (Å²) in [6.07, 6.45) is 3.71. The van der Waals surface area contributed by atoms with Gasteiger partial charge in [-0.05, 0) is 18.6 Å². The minimum absolute atomic E-state index is 0.0155. The molecule has 1 amide bonds. The minimum Gasteiger partial charge on any atom is -0.355 e. The third kappa shape index (κ3) is 3.22. The number of amides is 1. The van der Waals surface area contributed by atoms with Crippen molar-refractivity contribution in [1.29, 1.82) is 0 Å². The van der Waals surface area contributed by atoms with Crippen molar-refractivity contribution in [2.24, 2.45) is 0 Å². The number of carbonyl (C=O) groups excluding carboxylic acids is 1. The van der Waals surface area contributed by atoms with E-state index < -0.39 is 0 Å². The van der Waals surface area contributed by atoms with E-state index in [1.807, 2.05) is 18.2 Å². The summed E-state index contributed by atoms with van der Waals surface area (Å²) in [7, 11) is 0. The first kappa shape index (κ1) is 13.3. The monoisotopic (exact) mass is 258 g/mol. The third-order valence-corrected chi connectivity index (χ3v) is 3.05. The van der Waals surface area contributed by atoms with Gasteiger partial charge in [0, 0.05) is 24.2 Å². The third-order valence-electron chi connectivity index (χ3n) is 3.05. The van der Waals surface area contributed by atoms with E-state index in [4.69, 9.17) is 0 Å². The second kappa shape index (κ2) is 6.18. The van der Waals surface area contributed by atoms with Gasteiger partial charge in [-0.1, -0.05) is 25.5 Å². The molecule has 1 heterocycles. The van der Waals surface area contributed by atoms with Crippen LogP contribution in [0.1, 0.15) is 19.8 Å². The van der Waals surface area contributed by atoms with Crippen LogP contribution in [-0.2, 0) is 11.3 Å². The maximum absolute atomic E-state index is 11.8. The molecule has 0 unspecified atom stereocenters. The number of para-hydroxylation sites is 1. The second-order valence-corrected chi connectivity index (χ2v) is 4.53. The topological polar surface area (TPSA) is 51.1 Å². The number of hydrogen-bond acceptors (Lipinski definition) is 2. The number of pyridine rings is 1. The van der Waals surface area contributed by atoms with E-state index in [1.54, 1.807) is 16.8 Å². The van der Waals surface area contributed by atoms with E-state index in [-0.39, 0.29) is 17.9 Å². The molecule has 1 N–H and O–H groups in total. The van der Waals surface area contributed by atoms with E-state index in [2.05, 4.69) is 12.2 Å². The molecule has 0 spiro atoms. The Kier molecular flexibility index (Phi) is 4.34. The van der Waals surface area contributed by atoms with Gasteiger partial charge in [-0.2, -0.15) is 0 Å². The molecule has 0 aliphatic heterocycles. The highest BCUT2D eigenvalue weighted by Gasteiger charge is 2.05. The van der Waals surface area contributed by atoms with Gasteiger partial charge in [0.15, 0.2) is 5.43 Å². The van der Waals surface area contributed by atoms with E-state index in [1.165, 1.54) is 6.07 Å². The molecule has 0 atom stereocenters. The van der Waals surface area contributed by atoms with Gasteiger partial charge in [0.2, 0.25) is 5.91 Å². The standard InChI is InChI=1S/C15H18N2O2/c1-2-3-9-16-15(19)11-17-10-8-14(18)12-6-4-5-7-13(12)17/h4-8,10H,2-3,9,11H2,1H3,(H,16,19). The van der Waals surface area contributed by atoms with Gasteiger partial charge in [-0.25, -0.2) is 0 Å². The van der Waals surface area contributed by atoms with Crippen LogP contribution in [0.2, 0.25) is 0 Å². The first-order valence-electron chi connectivity index (χ1n) is 6.57. The predicted molar refractivity (Wildman–Crippen MR) is 76.1 cm³/mol. The molecule has 0 aliphatic carbocycles. The fourth-order valence-corrected chi connectivity index (χ4v) is 2.01. The van der Waals surface area contributed by atoms with Crippen LogP contribution in [0.3, 0.4) is 0 Å². The fraction of sp³-hybridized carbons (Fsp3) is 0.333. The zero-order valence-corrected chi connectivity index (χ0v) is 11.1. The second-order valence-electron chi connectivity index (χ2n) is 4.53. The molecule has 0 saturated heterocycles. The predicted octanol–water partition coefficient (Wildman–Crippen LogP) is 1.92. The van der Waals surface area contributed by atoms with Gasteiger partial charge in [-0.15, -0.1) is 0 Å². The number of hydrogen-bond donors (Lipinski definition) is 1. The highest BCUT2D eigenvalue weighted by Crippen LogP contribution is 2.09. The SMILES string of the molecule is CCCCNC(=O)Cn1ccc(=O)c2ccccc21. The molecule has 2 aromatic rings. The molecule has 1 aromatic carbocycles. The molecule has 19 heavy (non-hydrogen) atoms. The number of carbonyl (C=O) groups is 1. The normalized spacial score (nSPS) is 10.6. The summed E-state index contributed by atoms with van der Waals surface area (Å²) in [5.74, 6) is -0.0257. The van der Waals surface area contributed by atoms with Gasteiger partial charge < -0.3 is 9.88 Å². The summed E-state index contributed by atoms with van der Waals surface area (Å²) in [4.78, 5) is 23.5. The summed E-state index contributed by atoms with van der Waals surface area (Å²) >= 11 is 0. The lowest BCUT2D eigenvalue weighted by Crippen LogP contribution is -2.28. The molecule has 2 rings (SSSR count). The largest absolute Gasteiger partial charge is 0.355 e. The van der Waals surface area contributed by atoms with Crippen LogP contribution >= 0.6 is 0 Å². The summed E-state index contributed by atoms with van der Waals surface area (Å²) < 4.78 is 1.80. The Bertz CT molecular complexity index is 631. The summed E-state index contributed by atoms with van der Waals surface area (Å²) in [5, 5.41) is 3.52. The van der Waals surface area contributed by atoms with Crippen molar-refractivity contribution in [3.8, 4) is 0 Å². The lowest BCUT2D eigenvalue weighted by molar-refractivity contribution is -0.121. The van der Waals surface area contributed by atoms with E-state index in [0.717, 1.165) is 18.4 Å². The Balaban J connectivity index is 2.19.